The molecule has 0 amide bonds. The summed E-state index contributed by atoms with van der Waals surface area (Å²) in [5.74, 6) is 0.150. The molecular formula is C17H13FN2O. The molecule has 0 saturated heterocycles. The van der Waals surface area contributed by atoms with Crippen LogP contribution in [0.3, 0.4) is 0 Å². The summed E-state index contributed by atoms with van der Waals surface area (Å²) in [6, 6.07) is 14.1. The predicted molar refractivity (Wildman–Crippen MR) is 77.2 cm³/mol. The number of nitrogens with zero attached hydrogens (tertiary/aromatic N) is 2. The number of benzene rings is 2. The van der Waals surface area contributed by atoms with Crippen LogP contribution in [0.1, 0.15) is 29.9 Å². The van der Waals surface area contributed by atoms with Gasteiger partial charge in [-0.15, -0.1) is 0 Å². The first-order valence-corrected chi connectivity index (χ1v) is 6.69. The first kappa shape index (κ1) is 13.3. The number of nitriles is 1. The van der Waals surface area contributed by atoms with Crippen LogP contribution in [-0.2, 0) is 6.42 Å². The van der Waals surface area contributed by atoms with Crippen molar-refractivity contribution in [3.63, 3.8) is 0 Å². The van der Waals surface area contributed by atoms with Gasteiger partial charge in [0, 0.05) is 6.42 Å². The zero-order valence-corrected chi connectivity index (χ0v) is 11.5. The maximum Gasteiger partial charge on any atom is 0.199 e. The standard InChI is InChI=1S/C17H13FN2O/c1-11(10-19)13-4-7-16-15(9-13)20-17(21-16)8-12-2-5-14(18)6-3-12/h2-7,9,11H,8H2,1H3. The molecular weight excluding hydrogens is 267 g/mol. The third-order valence-electron chi connectivity index (χ3n) is 3.42. The second kappa shape index (κ2) is 5.37. The van der Waals surface area contributed by atoms with Crippen molar-refractivity contribution in [2.75, 3.05) is 0 Å². The van der Waals surface area contributed by atoms with E-state index in [9.17, 15) is 4.39 Å². The average molecular weight is 280 g/mol. The Morgan fingerprint density at radius 1 is 1.24 bits per heavy atom. The second-order valence-corrected chi connectivity index (χ2v) is 4.99. The highest BCUT2D eigenvalue weighted by Gasteiger charge is 2.10. The van der Waals surface area contributed by atoms with Gasteiger partial charge in [0.2, 0.25) is 0 Å². The van der Waals surface area contributed by atoms with Gasteiger partial charge < -0.3 is 4.42 Å². The van der Waals surface area contributed by atoms with E-state index in [4.69, 9.17) is 9.68 Å². The summed E-state index contributed by atoms with van der Waals surface area (Å²) in [5.41, 5.74) is 3.30. The van der Waals surface area contributed by atoms with Crippen LogP contribution in [-0.4, -0.2) is 4.98 Å². The molecule has 4 heteroatoms. The Balaban J connectivity index is 1.90. The van der Waals surface area contributed by atoms with Crippen molar-refractivity contribution in [1.82, 2.24) is 4.98 Å². The van der Waals surface area contributed by atoms with Gasteiger partial charge in [-0.1, -0.05) is 18.2 Å². The van der Waals surface area contributed by atoms with Crippen molar-refractivity contribution in [3.05, 3.63) is 65.3 Å². The first-order chi connectivity index (χ1) is 10.2. The number of aromatic nitrogens is 1. The highest BCUT2D eigenvalue weighted by atomic mass is 19.1. The third kappa shape index (κ3) is 2.77. The van der Waals surface area contributed by atoms with E-state index >= 15 is 0 Å². The van der Waals surface area contributed by atoms with Gasteiger partial charge in [0.05, 0.1) is 12.0 Å². The second-order valence-electron chi connectivity index (χ2n) is 4.99. The maximum atomic E-state index is 12.9. The molecule has 104 valence electrons. The molecule has 0 fully saturated rings. The van der Waals surface area contributed by atoms with Crippen molar-refractivity contribution >= 4 is 11.1 Å². The molecule has 1 heterocycles. The Morgan fingerprint density at radius 2 is 2.00 bits per heavy atom. The summed E-state index contributed by atoms with van der Waals surface area (Å²) in [6.07, 6.45) is 0.512. The Hall–Kier alpha value is -2.67. The number of fused-ring (bicyclic) bond motifs is 1. The summed E-state index contributed by atoms with van der Waals surface area (Å²) < 4.78 is 18.6. The van der Waals surface area contributed by atoms with Crippen LogP contribution in [0, 0.1) is 17.1 Å². The molecule has 0 saturated carbocycles. The van der Waals surface area contributed by atoms with Crippen molar-refractivity contribution in [1.29, 1.82) is 5.26 Å². The molecule has 3 nitrogen and oxygen atoms in total. The Labute approximate surface area is 121 Å². The highest BCUT2D eigenvalue weighted by Crippen LogP contribution is 2.23. The highest BCUT2D eigenvalue weighted by molar-refractivity contribution is 5.73. The summed E-state index contributed by atoms with van der Waals surface area (Å²) in [6.45, 7) is 1.85. The minimum absolute atomic E-state index is 0.174. The van der Waals surface area contributed by atoms with Gasteiger partial charge in [0.15, 0.2) is 11.5 Å². The molecule has 2 aromatic carbocycles. The molecule has 21 heavy (non-hydrogen) atoms. The maximum absolute atomic E-state index is 12.9. The van der Waals surface area contributed by atoms with E-state index in [-0.39, 0.29) is 11.7 Å². The summed E-state index contributed by atoms with van der Waals surface area (Å²) in [7, 11) is 0. The zero-order valence-electron chi connectivity index (χ0n) is 11.5. The zero-order chi connectivity index (χ0) is 14.8. The first-order valence-electron chi connectivity index (χ1n) is 6.69. The minimum Gasteiger partial charge on any atom is -0.440 e. The molecule has 1 aromatic heterocycles. The van der Waals surface area contributed by atoms with Crippen LogP contribution in [0.5, 0.6) is 0 Å². The number of hydrogen-bond acceptors (Lipinski definition) is 3. The lowest BCUT2D eigenvalue weighted by atomic mass is 10.0. The van der Waals surface area contributed by atoms with Crippen molar-refractivity contribution in [2.45, 2.75) is 19.3 Å². The Morgan fingerprint density at radius 3 is 2.71 bits per heavy atom. The van der Waals surface area contributed by atoms with Crippen LogP contribution in [0.15, 0.2) is 46.9 Å². The van der Waals surface area contributed by atoms with Crippen LogP contribution >= 0.6 is 0 Å². The van der Waals surface area contributed by atoms with Crippen LogP contribution in [0.25, 0.3) is 11.1 Å². The van der Waals surface area contributed by atoms with Gasteiger partial charge in [0.25, 0.3) is 0 Å². The number of halogens is 1. The van der Waals surface area contributed by atoms with Gasteiger partial charge in [-0.2, -0.15) is 5.26 Å². The van der Waals surface area contributed by atoms with Crippen molar-refractivity contribution in [3.8, 4) is 6.07 Å². The van der Waals surface area contributed by atoms with Crippen LogP contribution < -0.4 is 0 Å². The molecule has 0 aliphatic carbocycles. The molecule has 1 unspecified atom stereocenters. The largest absolute Gasteiger partial charge is 0.440 e. The Kier molecular flexibility index (Phi) is 3.41. The van der Waals surface area contributed by atoms with Crippen molar-refractivity contribution in [2.24, 2.45) is 0 Å². The normalized spacial score (nSPS) is 12.2. The number of oxazole rings is 1. The van der Waals surface area contributed by atoms with E-state index < -0.39 is 0 Å². The van der Waals surface area contributed by atoms with Crippen LogP contribution in [0.4, 0.5) is 4.39 Å². The molecule has 0 radical (unpaired) electrons. The molecule has 0 bridgehead atoms. The molecule has 0 aliphatic heterocycles. The molecule has 3 aromatic rings. The predicted octanol–water partition coefficient (Wildman–Crippen LogP) is 4.18. The van der Waals surface area contributed by atoms with Gasteiger partial charge >= 0.3 is 0 Å². The van der Waals surface area contributed by atoms with E-state index in [1.54, 1.807) is 12.1 Å². The van der Waals surface area contributed by atoms with E-state index in [1.165, 1.54) is 12.1 Å². The smallest absolute Gasteiger partial charge is 0.199 e. The molecule has 1 atom stereocenters. The van der Waals surface area contributed by atoms with Gasteiger partial charge in [-0.25, -0.2) is 9.37 Å². The van der Waals surface area contributed by atoms with Crippen LogP contribution in [0.2, 0.25) is 0 Å². The van der Waals surface area contributed by atoms with E-state index in [0.717, 1.165) is 16.6 Å². The van der Waals surface area contributed by atoms with Gasteiger partial charge in [-0.3, -0.25) is 0 Å². The van der Waals surface area contributed by atoms with Crippen molar-refractivity contribution < 1.29 is 8.81 Å². The lowest BCUT2D eigenvalue weighted by Gasteiger charge is -2.00. The molecule has 0 spiro atoms. The average Bonchev–Trinajstić information content (AvgIpc) is 2.90. The lowest BCUT2D eigenvalue weighted by molar-refractivity contribution is 0.543. The minimum atomic E-state index is -0.258. The SMILES string of the molecule is CC(C#N)c1ccc2oc(Cc3ccc(F)cc3)nc2c1. The summed E-state index contributed by atoms with van der Waals surface area (Å²) >= 11 is 0. The number of hydrogen-bond donors (Lipinski definition) is 0. The van der Waals surface area contributed by atoms with E-state index in [2.05, 4.69) is 11.1 Å². The molecule has 3 rings (SSSR count). The monoisotopic (exact) mass is 280 g/mol. The summed E-state index contributed by atoms with van der Waals surface area (Å²) in [4.78, 5) is 4.44. The van der Waals surface area contributed by atoms with E-state index in [0.29, 0.717) is 17.9 Å². The lowest BCUT2D eigenvalue weighted by Crippen LogP contribution is -1.89. The topological polar surface area (TPSA) is 49.8 Å². The molecule has 0 N–H and O–H groups in total. The Bertz CT molecular complexity index is 815. The molecule has 0 aliphatic rings. The quantitative estimate of drug-likeness (QED) is 0.723. The van der Waals surface area contributed by atoms with Gasteiger partial charge in [0.1, 0.15) is 11.3 Å². The third-order valence-corrected chi connectivity index (χ3v) is 3.42. The summed E-state index contributed by atoms with van der Waals surface area (Å²) in [5, 5.41) is 8.96. The van der Waals surface area contributed by atoms with E-state index in [1.807, 2.05) is 25.1 Å². The fourth-order valence-corrected chi connectivity index (χ4v) is 2.19. The number of rotatable bonds is 3. The fourth-order valence-electron chi connectivity index (χ4n) is 2.19. The fraction of sp³-hybridized carbons (Fsp3) is 0.176. The van der Waals surface area contributed by atoms with Gasteiger partial charge in [-0.05, 0) is 42.3 Å².